The van der Waals surface area contributed by atoms with E-state index in [2.05, 4.69) is 46.3 Å². The Bertz CT molecular complexity index is 1450. The molecule has 0 radical (unpaired) electrons. The lowest BCUT2D eigenvalue weighted by Gasteiger charge is -2.24. The molecule has 0 amide bonds. The molecule has 5 heterocycles. The number of likely N-dealkylation sites (N-methyl/N-ethyl adjacent to an activating group) is 1. The molecule has 0 aliphatic heterocycles. The van der Waals surface area contributed by atoms with E-state index in [-0.39, 0.29) is 5.95 Å². The summed E-state index contributed by atoms with van der Waals surface area (Å²) in [6.45, 7) is 3.45. The first-order chi connectivity index (χ1) is 16.5. The van der Waals surface area contributed by atoms with Crippen LogP contribution in [0.1, 0.15) is 5.69 Å². The maximum atomic E-state index is 6.19. The smallest absolute Gasteiger partial charge is 0.222 e. The second-order valence-corrected chi connectivity index (χ2v) is 8.11. The lowest BCUT2D eigenvalue weighted by Crippen LogP contribution is -2.28. The minimum Gasteiger partial charge on any atom is -0.368 e. The van der Waals surface area contributed by atoms with Crippen LogP contribution in [0.5, 0.6) is 0 Å². The number of hydrogen-bond acceptors (Lipinski definition) is 8. The van der Waals surface area contributed by atoms with Crippen molar-refractivity contribution in [1.29, 1.82) is 0 Å². The zero-order valence-corrected chi connectivity index (χ0v) is 19.3. The molecule has 0 aliphatic carbocycles. The first-order valence-electron chi connectivity index (χ1n) is 11.0. The van der Waals surface area contributed by atoms with Crippen LogP contribution in [0, 0.1) is 6.92 Å². The molecule has 0 bridgehead atoms. The van der Waals surface area contributed by atoms with Gasteiger partial charge in [-0.05, 0) is 32.2 Å². The molecule has 0 saturated heterocycles. The zero-order chi connectivity index (χ0) is 23.7. The van der Waals surface area contributed by atoms with Gasteiger partial charge < -0.3 is 20.9 Å². The van der Waals surface area contributed by atoms with E-state index in [0.717, 1.165) is 51.3 Å². The third kappa shape index (κ3) is 4.18. The standard InChI is InChI=1S/C24H26N10/c1-15-8-18(4-5-27-15)34(7-6-26-2)22-10-21(31-24(25)32-22)20-13-29-23-19(20)9-16(11-28-23)17-12-30-33(3)14-17/h4-5,8-14,26H,6-7H2,1-3H3,(H,28,29)(H2,25,31,32). The number of aromatic amines is 1. The highest BCUT2D eigenvalue weighted by molar-refractivity contribution is 5.95. The molecular formula is C24H26N10. The fourth-order valence-electron chi connectivity index (χ4n) is 3.97. The van der Waals surface area contributed by atoms with E-state index >= 15 is 0 Å². The molecule has 0 aliphatic rings. The predicted molar refractivity (Wildman–Crippen MR) is 134 cm³/mol. The summed E-state index contributed by atoms with van der Waals surface area (Å²) in [6.07, 6.45) is 9.34. The molecule has 34 heavy (non-hydrogen) atoms. The summed E-state index contributed by atoms with van der Waals surface area (Å²) < 4.78 is 1.77. The lowest BCUT2D eigenvalue weighted by molar-refractivity contribution is 0.768. The normalized spacial score (nSPS) is 11.3. The summed E-state index contributed by atoms with van der Waals surface area (Å²) >= 11 is 0. The summed E-state index contributed by atoms with van der Waals surface area (Å²) in [7, 11) is 3.82. The van der Waals surface area contributed by atoms with Gasteiger partial charge in [0.25, 0.3) is 0 Å². The first kappa shape index (κ1) is 21.5. The van der Waals surface area contributed by atoms with E-state index in [0.29, 0.717) is 12.4 Å². The lowest BCUT2D eigenvalue weighted by atomic mass is 10.1. The van der Waals surface area contributed by atoms with Crippen molar-refractivity contribution in [3.05, 3.63) is 60.9 Å². The van der Waals surface area contributed by atoms with Gasteiger partial charge in [0.15, 0.2) is 0 Å². The Balaban J connectivity index is 1.60. The second kappa shape index (κ2) is 8.91. The van der Waals surface area contributed by atoms with Crippen molar-refractivity contribution in [3.8, 4) is 22.4 Å². The summed E-state index contributed by atoms with van der Waals surface area (Å²) in [4.78, 5) is 23.4. The summed E-state index contributed by atoms with van der Waals surface area (Å²) in [6, 6.07) is 8.05. The van der Waals surface area contributed by atoms with E-state index in [4.69, 9.17) is 5.73 Å². The Morgan fingerprint density at radius 1 is 1.12 bits per heavy atom. The second-order valence-electron chi connectivity index (χ2n) is 8.11. The van der Waals surface area contributed by atoms with E-state index in [1.165, 1.54) is 0 Å². The van der Waals surface area contributed by atoms with Crippen LogP contribution >= 0.6 is 0 Å². The Hall–Kier alpha value is -4.31. The number of H-pyrrole nitrogens is 1. The number of aryl methyl sites for hydroxylation is 2. The van der Waals surface area contributed by atoms with Crippen LogP contribution in [-0.4, -0.2) is 54.8 Å². The largest absolute Gasteiger partial charge is 0.368 e. The van der Waals surface area contributed by atoms with Gasteiger partial charge in [-0.2, -0.15) is 10.1 Å². The van der Waals surface area contributed by atoms with Gasteiger partial charge in [-0.15, -0.1) is 0 Å². The van der Waals surface area contributed by atoms with Gasteiger partial charge in [-0.1, -0.05) is 0 Å². The van der Waals surface area contributed by atoms with Crippen LogP contribution in [-0.2, 0) is 7.05 Å². The SMILES string of the molecule is CNCCN(c1ccnc(C)c1)c1cc(-c2c[nH]c3ncc(-c4cnn(C)c4)cc23)nc(N)n1. The Morgan fingerprint density at radius 2 is 2.00 bits per heavy atom. The molecule has 172 valence electrons. The minimum atomic E-state index is 0.207. The van der Waals surface area contributed by atoms with E-state index in [1.54, 1.807) is 10.9 Å². The number of anilines is 3. The third-order valence-electron chi connectivity index (χ3n) is 5.63. The highest BCUT2D eigenvalue weighted by atomic mass is 15.2. The summed E-state index contributed by atoms with van der Waals surface area (Å²) in [5.41, 5.74) is 12.5. The molecule has 0 atom stereocenters. The summed E-state index contributed by atoms with van der Waals surface area (Å²) in [5.74, 6) is 0.924. The van der Waals surface area contributed by atoms with Crippen molar-refractivity contribution in [1.82, 2.24) is 40.0 Å². The van der Waals surface area contributed by atoms with Gasteiger partial charge in [0, 0.05) is 84.4 Å². The van der Waals surface area contributed by atoms with Crippen LogP contribution in [0.15, 0.2) is 55.2 Å². The number of pyridine rings is 2. The quantitative estimate of drug-likeness (QED) is 0.342. The Labute approximate surface area is 196 Å². The van der Waals surface area contributed by atoms with Crippen LogP contribution < -0.4 is 16.0 Å². The van der Waals surface area contributed by atoms with Gasteiger partial charge in [0.05, 0.1) is 11.9 Å². The molecule has 5 aromatic heterocycles. The number of nitrogens with zero attached hydrogens (tertiary/aromatic N) is 7. The van der Waals surface area contributed by atoms with Crippen molar-refractivity contribution in [3.63, 3.8) is 0 Å². The highest BCUT2D eigenvalue weighted by Crippen LogP contribution is 2.33. The monoisotopic (exact) mass is 454 g/mol. The molecule has 5 aromatic rings. The van der Waals surface area contributed by atoms with Gasteiger partial charge >= 0.3 is 0 Å². The van der Waals surface area contributed by atoms with Crippen LogP contribution in [0.4, 0.5) is 17.5 Å². The van der Waals surface area contributed by atoms with Gasteiger partial charge in [-0.25, -0.2) is 9.97 Å². The minimum absolute atomic E-state index is 0.207. The molecule has 4 N–H and O–H groups in total. The maximum Gasteiger partial charge on any atom is 0.222 e. The topological polar surface area (TPSA) is 126 Å². The average Bonchev–Trinajstić information content (AvgIpc) is 3.45. The number of rotatable bonds is 7. The van der Waals surface area contributed by atoms with E-state index in [9.17, 15) is 0 Å². The molecule has 0 spiro atoms. The zero-order valence-electron chi connectivity index (χ0n) is 19.3. The fourth-order valence-corrected chi connectivity index (χ4v) is 3.97. The van der Waals surface area contributed by atoms with Crippen LogP contribution in [0.25, 0.3) is 33.4 Å². The van der Waals surface area contributed by atoms with Crippen molar-refractivity contribution in [2.24, 2.45) is 7.05 Å². The van der Waals surface area contributed by atoms with Crippen LogP contribution in [0.3, 0.4) is 0 Å². The van der Waals surface area contributed by atoms with E-state index < -0.39 is 0 Å². The van der Waals surface area contributed by atoms with Gasteiger partial charge in [-0.3, -0.25) is 9.67 Å². The summed E-state index contributed by atoms with van der Waals surface area (Å²) in [5, 5.41) is 8.43. The highest BCUT2D eigenvalue weighted by Gasteiger charge is 2.17. The van der Waals surface area contributed by atoms with Crippen molar-refractivity contribution >= 4 is 28.5 Å². The number of nitrogens with two attached hydrogens (primary N) is 1. The molecule has 10 nitrogen and oxygen atoms in total. The van der Waals surface area contributed by atoms with Gasteiger partial charge in [0.2, 0.25) is 5.95 Å². The van der Waals surface area contributed by atoms with Gasteiger partial charge in [0.1, 0.15) is 11.5 Å². The third-order valence-corrected chi connectivity index (χ3v) is 5.63. The molecule has 0 fully saturated rings. The maximum absolute atomic E-state index is 6.19. The van der Waals surface area contributed by atoms with Crippen molar-refractivity contribution in [2.75, 3.05) is 30.8 Å². The molecule has 0 unspecified atom stereocenters. The first-order valence-corrected chi connectivity index (χ1v) is 11.0. The fraction of sp³-hybridized carbons (Fsp3) is 0.208. The number of nitrogens with one attached hydrogen (secondary N) is 2. The molecule has 10 heteroatoms. The molecular weight excluding hydrogens is 428 g/mol. The molecule has 0 saturated carbocycles. The number of aromatic nitrogens is 7. The molecule has 5 rings (SSSR count). The predicted octanol–water partition coefficient (Wildman–Crippen LogP) is 3.06. The van der Waals surface area contributed by atoms with E-state index in [1.807, 2.05) is 64.0 Å². The number of fused-ring (bicyclic) bond motifs is 1. The Morgan fingerprint density at radius 3 is 2.76 bits per heavy atom. The van der Waals surface area contributed by atoms with Crippen molar-refractivity contribution < 1.29 is 0 Å². The van der Waals surface area contributed by atoms with Crippen LogP contribution in [0.2, 0.25) is 0 Å². The van der Waals surface area contributed by atoms with Crippen molar-refractivity contribution in [2.45, 2.75) is 6.92 Å². The Kier molecular flexibility index (Phi) is 5.64. The number of nitrogen functional groups attached to an aromatic ring is 1. The average molecular weight is 455 g/mol. The molecule has 0 aromatic carbocycles. The number of hydrogen-bond donors (Lipinski definition) is 3.